The molecule has 2 aromatic rings. The van der Waals surface area contributed by atoms with Crippen LogP contribution in [0.2, 0.25) is 5.02 Å². The van der Waals surface area contributed by atoms with Gasteiger partial charge in [0.2, 0.25) is 0 Å². The van der Waals surface area contributed by atoms with Gasteiger partial charge in [-0.1, -0.05) is 17.7 Å². The molecule has 0 aromatic heterocycles. The number of aliphatic hydroxyl groups excluding tert-OH is 1. The van der Waals surface area contributed by atoms with Crippen molar-refractivity contribution in [2.75, 3.05) is 11.9 Å². The number of aliphatic hydroxyl groups is 1. The van der Waals surface area contributed by atoms with Gasteiger partial charge in [0.1, 0.15) is 5.75 Å². The van der Waals surface area contributed by atoms with Crippen molar-refractivity contribution in [3.8, 4) is 5.75 Å². The van der Waals surface area contributed by atoms with Crippen LogP contribution in [0.5, 0.6) is 5.75 Å². The Morgan fingerprint density at radius 3 is 2.71 bits per heavy atom. The molecule has 0 spiro atoms. The molecule has 5 heteroatoms. The second-order valence-electron chi connectivity index (χ2n) is 4.52. The van der Waals surface area contributed by atoms with Gasteiger partial charge < -0.3 is 15.2 Å². The molecule has 3 nitrogen and oxygen atoms in total. The van der Waals surface area contributed by atoms with Gasteiger partial charge in [0, 0.05) is 22.3 Å². The SMILES string of the molecule is CCOc1ccc(NCc2ccc(Br)c(Cl)c2)cc1CO. The fraction of sp³-hybridized carbons (Fsp3) is 0.250. The molecule has 0 fully saturated rings. The van der Waals surface area contributed by atoms with E-state index in [2.05, 4.69) is 21.2 Å². The third kappa shape index (κ3) is 4.37. The lowest BCUT2D eigenvalue weighted by atomic mass is 10.1. The predicted molar refractivity (Wildman–Crippen MR) is 90.0 cm³/mol. The van der Waals surface area contributed by atoms with Crippen LogP contribution >= 0.6 is 27.5 Å². The molecule has 0 aliphatic rings. The zero-order valence-electron chi connectivity index (χ0n) is 11.7. The van der Waals surface area contributed by atoms with E-state index in [1.807, 2.05) is 43.3 Å². The Morgan fingerprint density at radius 2 is 2.05 bits per heavy atom. The van der Waals surface area contributed by atoms with Crippen LogP contribution in [-0.4, -0.2) is 11.7 Å². The minimum absolute atomic E-state index is 0.0467. The van der Waals surface area contributed by atoms with E-state index in [0.717, 1.165) is 27.0 Å². The molecular weight excluding hydrogens is 354 g/mol. The van der Waals surface area contributed by atoms with Crippen molar-refractivity contribution in [3.05, 3.63) is 57.0 Å². The number of rotatable bonds is 6. The van der Waals surface area contributed by atoms with Crippen LogP contribution < -0.4 is 10.1 Å². The van der Waals surface area contributed by atoms with Crippen molar-refractivity contribution < 1.29 is 9.84 Å². The molecule has 0 amide bonds. The lowest BCUT2D eigenvalue weighted by Crippen LogP contribution is -2.02. The number of nitrogens with one attached hydrogen (secondary N) is 1. The highest BCUT2D eigenvalue weighted by molar-refractivity contribution is 9.10. The smallest absolute Gasteiger partial charge is 0.124 e. The first-order valence-electron chi connectivity index (χ1n) is 6.68. The molecule has 112 valence electrons. The minimum atomic E-state index is -0.0467. The van der Waals surface area contributed by atoms with Crippen LogP contribution in [0.3, 0.4) is 0 Å². The van der Waals surface area contributed by atoms with Crippen LogP contribution in [0.1, 0.15) is 18.1 Å². The Bertz CT molecular complexity index is 619. The molecule has 0 saturated carbocycles. The van der Waals surface area contributed by atoms with Gasteiger partial charge in [-0.25, -0.2) is 0 Å². The van der Waals surface area contributed by atoms with E-state index in [0.29, 0.717) is 18.2 Å². The summed E-state index contributed by atoms with van der Waals surface area (Å²) in [7, 11) is 0. The van der Waals surface area contributed by atoms with Gasteiger partial charge in [0.15, 0.2) is 0 Å². The maximum absolute atomic E-state index is 9.39. The molecule has 0 saturated heterocycles. The molecule has 0 radical (unpaired) electrons. The number of anilines is 1. The zero-order chi connectivity index (χ0) is 15.2. The molecule has 2 rings (SSSR count). The van der Waals surface area contributed by atoms with Crippen LogP contribution in [0.25, 0.3) is 0 Å². The summed E-state index contributed by atoms with van der Waals surface area (Å²) in [6, 6.07) is 11.5. The van der Waals surface area contributed by atoms with Crippen molar-refractivity contribution in [2.45, 2.75) is 20.1 Å². The largest absolute Gasteiger partial charge is 0.494 e. The topological polar surface area (TPSA) is 41.5 Å². The van der Waals surface area contributed by atoms with Crippen molar-refractivity contribution in [1.29, 1.82) is 0 Å². The van der Waals surface area contributed by atoms with Gasteiger partial charge in [-0.05, 0) is 58.7 Å². The van der Waals surface area contributed by atoms with Crippen LogP contribution in [-0.2, 0) is 13.2 Å². The maximum Gasteiger partial charge on any atom is 0.124 e. The molecule has 2 aromatic carbocycles. The first-order valence-corrected chi connectivity index (χ1v) is 7.85. The van der Waals surface area contributed by atoms with Gasteiger partial charge in [0.25, 0.3) is 0 Å². The standard InChI is InChI=1S/C16H17BrClNO2/c1-2-21-16-6-4-13(8-12(16)10-20)19-9-11-3-5-14(17)15(18)7-11/h3-8,19-20H,2,9-10H2,1H3. The Kier molecular flexibility index (Phi) is 5.91. The highest BCUT2D eigenvalue weighted by atomic mass is 79.9. The first kappa shape index (κ1) is 16.1. The Hall–Kier alpha value is -1.23. The molecule has 21 heavy (non-hydrogen) atoms. The van der Waals surface area contributed by atoms with Crippen molar-refractivity contribution in [1.82, 2.24) is 0 Å². The molecule has 0 unspecified atom stereocenters. The molecule has 2 N–H and O–H groups in total. The summed E-state index contributed by atoms with van der Waals surface area (Å²) in [5, 5.41) is 13.4. The molecule has 0 aliphatic heterocycles. The lowest BCUT2D eigenvalue weighted by Gasteiger charge is -2.12. The van der Waals surface area contributed by atoms with Crippen molar-refractivity contribution >= 4 is 33.2 Å². The van der Waals surface area contributed by atoms with Crippen molar-refractivity contribution in [2.24, 2.45) is 0 Å². The molecule has 0 atom stereocenters. The molecular formula is C16H17BrClNO2. The van der Waals surface area contributed by atoms with E-state index in [9.17, 15) is 5.11 Å². The average molecular weight is 371 g/mol. The average Bonchev–Trinajstić information content (AvgIpc) is 2.49. The van der Waals surface area contributed by atoms with Crippen LogP contribution in [0.15, 0.2) is 40.9 Å². The Balaban J connectivity index is 2.07. The van der Waals surface area contributed by atoms with Gasteiger partial charge in [-0.2, -0.15) is 0 Å². The molecule has 0 bridgehead atoms. The van der Waals surface area contributed by atoms with E-state index in [-0.39, 0.29) is 6.61 Å². The Labute approximate surface area is 138 Å². The number of hydrogen-bond acceptors (Lipinski definition) is 3. The van der Waals surface area contributed by atoms with Crippen LogP contribution in [0.4, 0.5) is 5.69 Å². The number of hydrogen-bond donors (Lipinski definition) is 2. The van der Waals surface area contributed by atoms with Crippen molar-refractivity contribution in [3.63, 3.8) is 0 Å². The van der Waals surface area contributed by atoms with Gasteiger partial charge >= 0.3 is 0 Å². The summed E-state index contributed by atoms with van der Waals surface area (Å²) < 4.78 is 6.35. The number of benzene rings is 2. The van der Waals surface area contributed by atoms with E-state index < -0.39 is 0 Å². The summed E-state index contributed by atoms with van der Waals surface area (Å²) in [6.45, 7) is 3.11. The maximum atomic E-state index is 9.39. The summed E-state index contributed by atoms with van der Waals surface area (Å²) in [6.07, 6.45) is 0. The summed E-state index contributed by atoms with van der Waals surface area (Å²) in [4.78, 5) is 0. The monoisotopic (exact) mass is 369 g/mol. The normalized spacial score (nSPS) is 10.5. The van der Waals surface area contributed by atoms with E-state index in [4.69, 9.17) is 16.3 Å². The number of halogens is 2. The zero-order valence-corrected chi connectivity index (χ0v) is 14.0. The minimum Gasteiger partial charge on any atom is -0.494 e. The quantitative estimate of drug-likeness (QED) is 0.780. The second-order valence-corrected chi connectivity index (χ2v) is 5.78. The summed E-state index contributed by atoms with van der Waals surface area (Å²) in [5.41, 5.74) is 2.79. The van der Waals surface area contributed by atoms with E-state index in [1.165, 1.54) is 0 Å². The lowest BCUT2D eigenvalue weighted by molar-refractivity contribution is 0.267. The Morgan fingerprint density at radius 1 is 1.24 bits per heavy atom. The third-order valence-corrected chi connectivity index (χ3v) is 4.24. The first-order chi connectivity index (χ1) is 10.1. The van der Waals surface area contributed by atoms with E-state index >= 15 is 0 Å². The summed E-state index contributed by atoms with van der Waals surface area (Å²) in [5.74, 6) is 0.720. The second kappa shape index (κ2) is 7.69. The third-order valence-electron chi connectivity index (χ3n) is 3.01. The van der Waals surface area contributed by atoms with Gasteiger partial charge in [-0.3, -0.25) is 0 Å². The van der Waals surface area contributed by atoms with Gasteiger partial charge in [-0.15, -0.1) is 0 Å². The highest BCUT2D eigenvalue weighted by Crippen LogP contribution is 2.25. The molecule has 0 aliphatic carbocycles. The fourth-order valence-corrected chi connectivity index (χ4v) is 2.41. The van der Waals surface area contributed by atoms with Gasteiger partial charge in [0.05, 0.1) is 18.2 Å². The fourth-order valence-electron chi connectivity index (χ4n) is 1.96. The van der Waals surface area contributed by atoms with E-state index in [1.54, 1.807) is 0 Å². The van der Waals surface area contributed by atoms with Crippen LogP contribution in [0, 0.1) is 0 Å². The predicted octanol–water partition coefficient (Wildman–Crippen LogP) is 4.61. The summed E-state index contributed by atoms with van der Waals surface area (Å²) >= 11 is 9.45. The number of ether oxygens (including phenoxy) is 1. The highest BCUT2D eigenvalue weighted by Gasteiger charge is 2.05. The molecule has 0 heterocycles.